The van der Waals surface area contributed by atoms with Gasteiger partial charge in [-0.2, -0.15) is 0 Å². The van der Waals surface area contributed by atoms with Crippen LogP contribution in [-0.2, 0) is 22.6 Å². The Morgan fingerprint density at radius 3 is 2.83 bits per heavy atom. The Hall–Kier alpha value is -1.85. The topological polar surface area (TPSA) is 58.4 Å². The van der Waals surface area contributed by atoms with E-state index in [0.29, 0.717) is 19.0 Å². The third-order valence-corrected chi connectivity index (χ3v) is 5.52. The molecule has 0 aromatic carbocycles. The van der Waals surface area contributed by atoms with E-state index in [2.05, 4.69) is 9.55 Å². The zero-order chi connectivity index (χ0) is 16.7. The quantitative estimate of drug-likeness (QED) is 0.847. The Balaban J connectivity index is 1.45. The largest absolute Gasteiger partial charge is 0.335 e. The summed E-state index contributed by atoms with van der Waals surface area (Å²) < 4.78 is 2.31. The lowest BCUT2D eigenvalue weighted by Gasteiger charge is -2.32. The molecule has 1 saturated carbocycles. The van der Waals surface area contributed by atoms with Gasteiger partial charge in [-0.1, -0.05) is 6.92 Å². The second-order valence-corrected chi connectivity index (χ2v) is 7.28. The van der Waals surface area contributed by atoms with Gasteiger partial charge in [-0.05, 0) is 32.1 Å². The molecule has 3 heterocycles. The van der Waals surface area contributed by atoms with Gasteiger partial charge in [0, 0.05) is 37.7 Å². The second kappa shape index (κ2) is 6.22. The van der Waals surface area contributed by atoms with Gasteiger partial charge < -0.3 is 14.4 Å². The molecule has 0 bridgehead atoms. The van der Waals surface area contributed by atoms with Gasteiger partial charge in [-0.3, -0.25) is 9.59 Å². The zero-order valence-electron chi connectivity index (χ0n) is 14.4. The first kappa shape index (κ1) is 15.7. The maximum Gasteiger partial charge on any atom is 0.245 e. The van der Waals surface area contributed by atoms with Crippen LogP contribution >= 0.6 is 0 Å². The lowest BCUT2D eigenvalue weighted by Crippen LogP contribution is -2.49. The van der Waals surface area contributed by atoms with Crippen molar-refractivity contribution in [3.05, 3.63) is 17.7 Å². The van der Waals surface area contributed by atoms with Crippen LogP contribution in [0.4, 0.5) is 0 Å². The number of rotatable bonds is 4. The van der Waals surface area contributed by atoms with Gasteiger partial charge in [0.15, 0.2) is 0 Å². The number of hydrogen-bond acceptors (Lipinski definition) is 3. The third-order valence-electron chi connectivity index (χ3n) is 5.52. The molecule has 6 heteroatoms. The summed E-state index contributed by atoms with van der Waals surface area (Å²) in [7, 11) is 0. The molecule has 0 spiro atoms. The van der Waals surface area contributed by atoms with Gasteiger partial charge in [-0.25, -0.2) is 4.98 Å². The van der Waals surface area contributed by atoms with Gasteiger partial charge in [0.25, 0.3) is 0 Å². The third kappa shape index (κ3) is 2.72. The lowest BCUT2D eigenvalue weighted by atomic mass is 10.1. The van der Waals surface area contributed by atoms with E-state index in [9.17, 15) is 9.59 Å². The highest BCUT2D eigenvalue weighted by Crippen LogP contribution is 2.37. The molecule has 4 rings (SSSR count). The number of amides is 2. The number of fused-ring (bicyclic) bond motifs is 1. The number of imidazole rings is 1. The molecule has 1 aromatic rings. The van der Waals surface area contributed by atoms with E-state index >= 15 is 0 Å². The molecule has 130 valence electrons. The maximum absolute atomic E-state index is 13.0. The number of carbonyl (C=O) groups excluding carboxylic acids is 2. The molecule has 2 fully saturated rings. The van der Waals surface area contributed by atoms with Crippen molar-refractivity contribution in [3.8, 4) is 0 Å². The fraction of sp³-hybridized carbons (Fsp3) is 0.722. The molecule has 0 radical (unpaired) electrons. The van der Waals surface area contributed by atoms with Crippen LogP contribution in [0.5, 0.6) is 0 Å². The Morgan fingerprint density at radius 1 is 1.25 bits per heavy atom. The van der Waals surface area contributed by atoms with Crippen LogP contribution in [0.25, 0.3) is 0 Å². The van der Waals surface area contributed by atoms with Crippen molar-refractivity contribution < 1.29 is 9.59 Å². The SMILES string of the molecule is CCCC(=O)N1CCC[C@H]1C(=O)N1CCc2c(ncn2C2CC2)C1. The van der Waals surface area contributed by atoms with Crippen molar-refractivity contribution >= 4 is 11.8 Å². The summed E-state index contributed by atoms with van der Waals surface area (Å²) in [5.74, 6) is 0.243. The van der Waals surface area contributed by atoms with Crippen LogP contribution in [0, 0.1) is 0 Å². The zero-order valence-corrected chi connectivity index (χ0v) is 14.4. The van der Waals surface area contributed by atoms with Crippen LogP contribution in [0.1, 0.15) is 62.9 Å². The first-order valence-corrected chi connectivity index (χ1v) is 9.32. The fourth-order valence-electron chi connectivity index (χ4n) is 4.08. The van der Waals surface area contributed by atoms with Crippen molar-refractivity contribution in [1.29, 1.82) is 0 Å². The Labute approximate surface area is 142 Å². The summed E-state index contributed by atoms with van der Waals surface area (Å²) in [6, 6.07) is 0.386. The van der Waals surface area contributed by atoms with Crippen molar-refractivity contribution in [2.45, 2.75) is 70.5 Å². The van der Waals surface area contributed by atoms with Crippen molar-refractivity contribution in [3.63, 3.8) is 0 Å². The Morgan fingerprint density at radius 2 is 2.08 bits per heavy atom. The molecule has 0 unspecified atom stereocenters. The Bertz CT molecular complexity index is 649. The van der Waals surface area contributed by atoms with Gasteiger partial charge in [-0.15, -0.1) is 0 Å². The summed E-state index contributed by atoms with van der Waals surface area (Å²) in [5, 5.41) is 0. The standard InChI is InChI=1S/C18H26N4O2/c1-2-4-17(23)21-9-3-5-16(21)18(24)20-10-8-15-14(11-20)19-12-22(15)13-6-7-13/h12-13,16H,2-11H2,1H3/t16-/m0/s1. The van der Waals surface area contributed by atoms with E-state index in [1.807, 2.05) is 23.1 Å². The van der Waals surface area contributed by atoms with Crippen LogP contribution in [-0.4, -0.2) is 50.3 Å². The normalized spacial score (nSPS) is 23.5. The minimum atomic E-state index is -0.254. The molecule has 1 saturated heterocycles. The van der Waals surface area contributed by atoms with Crippen molar-refractivity contribution in [2.24, 2.45) is 0 Å². The molecule has 24 heavy (non-hydrogen) atoms. The first-order valence-electron chi connectivity index (χ1n) is 9.32. The molecular weight excluding hydrogens is 304 g/mol. The van der Waals surface area contributed by atoms with Gasteiger partial charge in [0.1, 0.15) is 6.04 Å². The van der Waals surface area contributed by atoms with Crippen LogP contribution in [0.15, 0.2) is 6.33 Å². The highest BCUT2D eigenvalue weighted by Gasteiger charge is 2.38. The van der Waals surface area contributed by atoms with E-state index in [4.69, 9.17) is 0 Å². The summed E-state index contributed by atoms with van der Waals surface area (Å²) in [4.78, 5) is 33.5. The minimum absolute atomic E-state index is 0.114. The minimum Gasteiger partial charge on any atom is -0.335 e. The molecule has 6 nitrogen and oxygen atoms in total. The molecule has 1 aromatic heterocycles. The molecule has 1 aliphatic carbocycles. The summed E-state index contributed by atoms with van der Waals surface area (Å²) in [5.41, 5.74) is 2.36. The summed E-state index contributed by atoms with van der Waals surface area (Å²) >= 11 is 0. The van der Waals surface area contributed by atoms with E-state index < -0.39 is 0 Å². The van der Waals surface area contributed by atoms with Crippen LogP contribution in [0.3, 0.4) is 0 Å². The molecule has 3 aliphatic rings. The monoisotopic (exact) mass is 330 g/mol. The number of nitrogens with zero attached hydrogens (tertiary/aromatic N) is 4. The summed E-state index contributed by atoms with van der Waals surface area (Å²) in [6.07, 6.45) is 8.44. The molecular formula is C18H26N4O2. The average Bonchev–Trinajstić information content (AvgIpc) is 3.16. The average molecular weight is 330 g/mol. The van der Waals surface area contributed by atoms with E-state index in [0.717, 1.165) is 44.5 Å². The van der Waals surface area contributed by atoms with Gasteiger partial charge in [0.2, 0.25) is 11.8 Å². The predicted molar refractivity (Wildman–Crippen MR) is 89.3 cm³/mol. The lowest BCUT2D eigenvalue weighted by molar-refractivity contribution is -0.144. The van der Waals surface area contributed by atoms with Gasteiger partial charge in [0.05, 0.1) is 18.6 Å². The Kier molecular flexibility index (Phi) is 4.06. The van der Waals surface area contributed by atoms with E-state index in [1.165, 1.54) is 18.5 Å². The molecule has 1 atom stereocenters. The van der Waals surface area contributed by atoms with Gasteiger partial charge >= 0.3 is 0 Å². The number of likely N-dealkylation sites (tertiary alicyclic amines) is 1. The number of hydrogen-bond donors (Lipinski definition) is 0. The van der Waals surface area contributed by atoms with E-state index in [-0.39, 0.29) is 17.9 Å². The summed E-state index contributed by atoms with van der Waals surface area (Å²) in [6.45, 7) is 4.08. The number of carbonyl (C=O) groups is 2. The first-order chi connectivity index (χ1) is 11.7. The fourth-order valence-corrected chi connectivity index (χ4v) is 4.08. The smallest absolute Gasteiger partial charge is 0.245 e. The predicted octanol–water partition coefficient (Wildman–Crippen LogP) is 1.89. The maximum atomic E-state index is 13.0. The van der Waals surface area contributed by atoms with Crippen molar-refractivity contribution in [1.82, 2.24) is 19.4 Å². The van der Waals surface area contributed by atoms with Crippen LogP contribution < -0.4 is 0 Å². The second-order valence-electron chi connectivity index (χ2n) is 7.28. The molecule has 2 aliphatic heterocycles. The highest BCUT2D eigenvalue weighted by molar-refractivity contribution is 5.88. The molecule has 2 amide bonds. The van der Waals surface area contributed by atoms with Crippen molar-refractivity contribution in [2.75, 3.05) is 13.1 Å². The number of aromatic nitrogens is 2. The highest BCUT2D eigenvalue weighted by atomic mass is 16.2. The van der Waals surface area contributed by atoms with E-state index in [1.54, 1.807) is 0 Å². The van der Waals surface area contributed by atoms with Crippen LogP contribution in [0.2, 0.25) is 0 Å². The molecule has 0 N–H and O–H groups in total.